The largest absolute Gasteiger partial charge is 0.469 e. The lowest BCUT2D eigenvalue weighted by atomic mass is 10.1. The zero-order valence-electron chi connectivity index (χ0n) is 11.0. The molecule has 1 saturated carbocycles. The number of carbonyl (C=O) groups is 1. The fraction of sp³-hybridized carbons (Fsp3) is 0.500. The highest BCUT2D eigenvalue weighted by Crippen LogP contribution is 2.71. The molecule has 0 amide bonds. The van der Waals surface area contributed by atoms with Crippen LogP contribution in [0.15, 0.2) is 30.3 Å². The molecule has 0 aromatic heterocycles. The summed E-state index contributed by atoms with van der Waals surface area (Å²) < 4.78 is 5.05. The summed E-state index contributed by atoms with van der Waals surface area (Å²) in [7, 11) is -0.0736. The molecule has 1 aliphatic rings. The number of esters is 1. The smallest absolute Gasteiger partial charge is 0.309 e. The van der Waals surface area contributed by atoms with Gasteiger partial charge in [-0.1, -0.05) is 50.0 Å². The summed E-state index contributed by atoms with van der Waals surface area (Å²) in [6.07, 6.45) is 0.958. The maximum Gasteiger partial charge on any atom is 0.309 e. The quantitative estimate of drug-likeness (QED) is 0.605. The molecule has 0 spiro atoms. The van der Waals surface area contributed by atoms with Crippen molar-refractivity contribution in [1.29, 1.82) is 0 Å². The van der Waals surface area contributed by atoms with E-state index in [2.05, 4.69) is 31.8 Å². The molecule has 1 fully saturated rings. The molecule has 0 aliphatic heterocycles. The zero-order valence-corrected chi connectivity index (χ0v) is 12.0. The molecule has 17 heavy (non-hydrogen) atoms. The van der Waals surface area contributed by atoms with E-state index >= 15 is 0 Å². The van der Waals surface area contributed by atoms with E-state index in [-0.39, 0.29) is 11.0 Å². The fourth-order valence-corrected chi connectivity index (χ4v) is 5.64. The number of benzene rings is 1. The number of hydrogen-bond acceptors (Lipinski definition) is 2. The van der Waals surface area contributed by atoms with Gasteiger partial charge in [0, 0.05) is 0 Å². The predicted octanol–water partition coefficient (Wildman–Crippen LogP) is 3.43. The Morgan fingerprint density at radius 1 is 1.29 bits per heavy atom. The van der Waals surface area contributed by atoms with E-state index in [1.165, 1.54) is 12.7 Å². The van der Waals surface area contributed by atoms with Crippen LogP contribution < -0.4 is 0 Å². The van der Waals surface area contributed by atoms with E-state index < -0.39 is 8.07 Å². The summed E-state index contributed by atoms with van der Waals surface area (Å²) in [5.74, 6) is 0.355. The molecule has 0 heterocycles. The lowest BCUT2D eigenvalue weighted by molar-refractivity contribution is -0.141. The van der Waals surface area contributed by atoms with Gasteiger partial charge in [-0.05, 0) is 17.9 Å². The Bertz CT molecular complexity index is 422. The maximum absolute atomic E-state index is 12.1. The van der Waals surface area contributed by atoms with Gasteiger partial charge in [0.2, 0.25) is 0 Å². The molecular weight excluding hydrogens is 228 g/mol. The van der Waals surface area contributed by atoms with Crippen LogP contribution in [0.4, 0.5) is 0 Å². The Balaban J connectivity index is 2.34. The van der Waals surface area contributed by atoms with Gasteiger partial charge in [0.1, 0.15) is 0 Å². The van der Waals surface area contributed by atoms with E-state index in [0.717, 1.165) is 6.42 Å². The Morgan fingerprint density at radius 3 is 2.35 bits per heavy atom. The van der Waals surface area contributed by atoms with E-state index in [0.29, 0.717) is 5.92 Å². The highest BCUT2D eigenvalue weighted by molar-refractivity contribution is 6.83. The van der Waals surface area contributed by atoms with E-state index in [4.69, 9.17) is 4.74 Å². The summed E-state index contributed by atoms with van der Waals surface area (Å²) in [6, 6.07) is 10.3. The Labute approximate surface area is 104 Å². The van der Waals surface area contributed by atoms with Crippen LogP contribution in [0, 0.1) is 0 Å². The number of hydrogen-bond donors (Lipinski definition) is 0. The van der Waals surface area contributed by atoms with Crippen molar-refractivity contribution in [2.45, 2.75) is 37.0 Å². The topological polar surface area (TPSA) is 26.3 Å². The molecule has 2 nitrogen and oxygen atoms in total. The summed E-state index contributed by atoms with van der Waals surface area (Å²) in [5, 5.41) is -0.205. The summed E-state index contributed by atoms with van der Waals surface area (Å²) >= 11 is 0. The standard InChI is InChI=1S/C14H20O2Si/c1-16-13(15)14(17(2,3)4)10-12(14)11-8-6-5-7-9-11/h5-9,12H,10H2,1-4H3/t12-,14-/m0/s1. The highest BCUT2D eigenvalue weighted by atomic mass is 28.3. The summed E-state index contributed by atoms with van der Waals surface area (Å²) in [6.45, 7) is 6.77. The first-order valence-corrected chi connectivity index (χ1v) is 9.57. The molecule has 0 N–H and O–H groups in total. The van der Waals surface area contributed by atoms with Crippen molar-refractivity contribution >= 4 is 14.0 Å². The highest BCUT2D eigenvalue weighted by Gasteiger charge is 2.68. The SMILES string of the molecule is COC(=O)[C@]1([Si](C)(C)C)C[C@H]1c1ccccc1. The monoisotopic (exact) mass is 248 g/mol. The fourth-order valence-electron chi connectivity index (χ4n) is 2.89. The number of methoxy groups -OCH3 is 1. The van der Waals surface area contributed by atoms with Gasteiger partial charge >= 0.3 is 5.97 Å². The van der Waals surface area contributed by atoms with Gasteiger partial charge in [-0.15, -0.1) is 0 Å². The van der Waals surface area contributed by atoms with E-state index in [9.17, 15) is 4.79 Å². The third-order valence-corrected chi connectivity index (χ3v) is 7.48. The molecule has 1 aromatic carbocycles. The van der Waals surface area contributed by atoms with Gasteiger partial charge in [-0.3, -0.25) is 4.79 Å². The van der Waals surface area contributed by atoms with Crippen molar-refractivity contribution in [2.75, 3.05) is 7.11 Å². The second kappa shape index (κ2) is 3.98. The molecule has 2 rings (SSSR count). The van der Waals surface area contributed by atoms with Crippen molar-refractivity contribution in [3.8, 4) is 0 Å². The molecule has 92 valence electrons. The Kier molecular flexibility index (Phi) is 2.90. The molecule has 2 atom stereocenters. The van der Waals surface area contributed by atoms with E-state index in [1.54, 1.807) is 0 Å². The van der Waals surface area contributed by atoms with Gasteiger partial charge in [0.15, 0.2) is 0 Å². The van der Waals surface area contributed by atoms with Gasteiger partial charge in [0.05, 0.1) is 20.2 Å². The van der Waals surface area contributed by atoms with Gasteiger partial charge in [-0.25, -0.2) is 0 Å². The molecule has 0 radical (unpaired) electrons. The molecule has 0 bridgehead atoms. The lowest BCUT2D eigenvalue weighted by Gasteiger charge is -2.28. The average molecular weight is 248 g/mol. The van der Waals surface area contributed by atoms with Crippen molar-refractivity contribution < 1.29 is 9.53 Å². The third-order valence-electron chi connectivity index (χ3n) is 4.05. The normalized spacial score (nSPS) is 27.6. The maximum atomic E-state index is 12.1. The van der Waals surface area contributed by atoms with Gasteiger partial charge in [-0.2, -0.15) is 0 Å². The molecule has 1 aromatic rings. The number of ether oxygens (including phenoxy) is 1. The lowest BCUT2D eigenvalue weighted by Crippen LogP contribution is -2.37. The summed E-state index contributed by atoms with van der Waals surface area (Å²) in [5.41, 5.74) is 1.28. The van der Waals surface area contributed by atoms with Crippen molar-refractivity contribution in [3.05, 3.63) is 35.9 Å². The minimum atomic E-state index is -1.58. The van der Waals surface area contributed by atoms with Gasteiger partial charge < -0.3 is 4.74 Å². The van der Waals surface area contributed by atoms with Gasteiger partial charge in [0.25, 0.3) is 0 Å². The number of carbonyl (C=O) groups excluding carboxylic acids is 1. The van der Waals surface area contributed by atoms with Crippen LogP contribution in [0.3, 0.4) is 0 Å². The van der Waals surface area contributed by atoms with Crippen molar-refractivity contribution in [2.24, 2.45) is 0 Å². The zero-order chi connectivity index (χ0) is 12.7. The van der Waals surface area contributed by atoms with Crippen molar-refractivity contribution in [1.82, 2.24) is 0 Å². The molecule has 0 unspecified atom stereocenters. The van der Waals surface area contributed by atoms with Crippen LogP contribution >= 0.6 is 0 Å². The van der Waals surface area contributed by atoms with Crippen LogP contribution in [-0.2, 0) is 9.53 Å². The Hall–Kier alpha value is -1.09. The van der Waals surface area contributed by atoms with Crippen LogP contribution in [0.5, 0.6) is 0 Å². The third kappa shape index (κ3) is 1.82. The first-order valence-electron chi connectivity index (χ1n) is 6.07. The van der Waals surface area contributed by atoms with Crippen LogP contribution in [-0.4, -0.2) is 21.2 Å². The molecular formula is C14H20O2Si. The predicted molar refractivity (Wildman–Crippen MR) is 71.9 cm³/mol. The average Bonchev–Trinajstić information content (AvgIpc) is 3.05. The first-order chi connectivity index (χ1) is 7.93. The molecule has 3 heteroatoms. The van der Waals surface area contributed by atoms with Crippen LogP contribution in [0.2, 0.25) is 24.7 Å². The summed E-state index contributed by atoms with van der Waals surface area (Å²) in [4.78, 5) is 12.1. The number of rotatable bonds is 3. The molecule has 0 saturated heterocycles. The minimum Gasteiger partial charge on any atom is -0.469 e. The molecule has 1 aliphatic carbocycles. The van der Waals surface area contributed by atoms with Crippen LogP contribution in [0.1, 0.15) is 17.9 Å². The van der Waals surface area contributed by atoms with E-state index in [1.807, 2.05) is 18.2 Å². The van der Waals surface area contributed by atoms with Crippen molar-refractivity contribution in [3.63, 3.8) is 0 Å². The second-order valence-electron chi connectivity index (χ2n) is 5.88. The minimum absolute atomic E-state index is 0.00878. The second-order valence-corrected chi connectivity index (χ2v) is 11.3. The van der Waals surface area contributed by atoms with Crippen LogP contribution in [0.25, 0.3) is 0 Å². The first kappa shape index (κ1) is 12.4. The Morgan fingerprint density at radius 2 is 1.88 bits per heavy atom.